The van der Waals surface area contributed by atoms with Crippen LogP contribution in [0.3, 0.4) is 0 Å². The number of anilines is 1. The van der Waals surface area contributed by atoms with Crippen molar-refractivity contribution in [1.29, 1.82) is 5.26 Å². The standard InChI is InChI=1S/C15H20N4O3S/c16-11-13-3-1-5-15(17-13)18-6-2-4-14(12-18)23(20,21)19-7-9-22-10-8-19/h1,3,5,14H,2,4,6-10,12H2/t14-/m1/s1. The topological polar surface area (TPSA) is 86.5 Å². The van der Waals surface area contributed by atoms with Gasteiger partial charge in [0.1, 0.15) is 17.6 Å². The maximum atomic E-state index is 12.8. The molecule has 0 saturated carbocycles. The minimum atomic E-state index is -3.32. The quantitative estimate of drug-likeness (QED) is 0.803. The Hall–Kier alpha value is -1.69. The first kappa shape index (κ1) is 16.2. The van der Waals surface area contributed by atoms with E-state index in [1.54, 1.807) is 16.4 Å². The Labute approximate surface area is 136 Å². The van der Waals surface area contributed by atoms with Gasteiger partial charge in [-0.15, -0.1) is 0 Å². The molecule has 0 aromatic carbocycles. The van der Waals surface area contributed by atoms with Crippen LogP contribution in [0.15, 0.2) is 18.2 Å². The zero-order valence-electron chi connectivity index (χ0n) is 12.9. The molecule has 0 unspecified atom stereocenters. The molecule has 2 fully saturated rings. The molecule has 3 heterocycles. The molecule has 0 amide bonds. The Morgan fingerprint density at radius 2 is 2.04 bits per heavy atom. The number of morpholine rings is 1. The van der Waals surface area contributed by atoms with E-state index in [9.17, 15) is 8.42 Å². The number of rotatable bonds is 3. The average molecular weight is 336 g/mol. The van der Waals surface area contributed by atoms with E-state index in [0.29, 0.717) is 50.8 Å². The van der Waals surface area contributed by atoms with Crippen LogP contribution < -0.4 is 4.90 Å². The van der Waals surface area contributed by atoms with Crippen molar-refractivity contribution in [3.63, 3.8) is 0 Å². The van der Waals surface area contributed by atoms with Gasteiger partial charge in [-0.25, -0.2) is 13.4 Å². The largest absolute Gasteiger partial charge is 0.379 e. The highest BCUT2D eigenvalue weighted by Crippen LogP contribution is 2.24. The first-order valence-electron chi connectivity index (χ1n) is 7.80. The molecule has 2 aliphatic heterocycles. The second-order valence-electron chi connectivity index (χ2n) is 5.76. The van der Waals surface area contributed by atoms with Gasteiger partial charge in [-0.3, -0.25) is 0 Å². The number of nitriles is 1. The molecule has 0 aliphatic carbocycles. The summed E-state index contributed by atoms with van der Waals surface area (Å²) in [5.41, 5.74) is 0.348. The zero-order valence-corrected chi connectivity index (χ0v) is 13.7. The summed E-state index contributed by atoms with van der Waals surface area (Å²) in [5, 5.41) is 8.54. The zero-order chi connectivity index (χ0) is 16.3. The molecule has 7 nitrogen and oxygen atoms in total. The Kier molecular flexibility index (Phi) is 4.80. The minimum absolute atomic E-state index is 0.348. The molecule has 2 aliphatic rings. The summed E-state index contributed by atoms with van der Waals surface area (Å²) in [5.74, 6) is 0.672. The smallest absolute Gasteiger partial charge is 0.218 e. The molecule has 1 aromatic rings. The van der Waals surface area contributed by atoms with E-state index >= 15 is 0 Å². The summed E-state index contributed by atoms with van der Waals surface area (Å²) in [4.78, 5) is 6.25. The van der Waals surface area contributed by atoms with E-state index in [2.05, 4.69) is 4.98 Å². The van der Waals surface area contributed by atoms with E-state index in [-0.39, 0.29) is 0 Å². The summed E-state index contributed by atoms with van der Waals surface area (Å²) >= 11 is 0. The highest BCUT2D eigenvalue weighted by Gasteiger charge is 2.36. The number of piperidine rings is 1. The van der Waals surface area contributed by atoms with Gasteiger partial charge in [-0.2, -0.15) is 9.57 Å². The summed E-state index contributed by atoms with van der Waals surface area (Å²) < 4.78 is 32.4. The Morgan fingerprint density at radius 1 is 1.26 bits per heavy atom. The van der Waals surface area contributed by atoms with Crippen molar-refractivity contribution in [3.05, 3.63) is 23.9 Å². The van der Waals surface area contributed by atoms with Crippen molar-refractivity contribution in [3.8, 4) is 6.07 Å². The van der Waals surface area contributed by atoms with Gasteiger partial charge in [-0.1, -0.05) is 6.07 Å². The molecular formula is C15H20N4O3S. The van der Waals surface area contributed by atoms with Crippen molar-refractivity contribution in [2.24, 2.45) is 0 Å². The van der Waals surface area contributed by atoms with Gasteiger partial charge in [0.05, 0.1) is 18.5 Å². The first-order valence-corrected chi connectivity index (χ1v) is 9.30. The molecule has 23 heavy (non-hydrogen) atoms. The lowest BCUT2D eigenvalue weighted by molar-refractivity contribution is 0.0725. The molecule has 0 bridgehead atoms. The third kappa shape index (κ3) is 3.47. The second kappa shape index (κ2) is 6.83. The Balaban J connectivity index is 1.76. The molecule has 0 N–H and O–H groups in total. The average Bonchev–Trinajstić information content (AvgIpc) is 2.62. The number of nitrogens with zero attached hydrogens (tertiary/aromatic N) is 4. The third-order valence-electron chi connectivity index (χ3n) is 4.30. The first-order chi connectivity index (χ1) is 11.1. The van der Waals surface area contributed by atoms with Gasteiger partial charge in [-0.05, 0) is 25.0 Å². The number of aromatic nitrogens is 1. The number of sulfonamides is 1. The normalized spacial score (nSPS) is 23.4. The van der Waals surface area contributed by atoms with E-state index in [4.69, 9.17) is 10.00 Å². The highest BCUT2D eigenvalue weighted by atomic mass is 32.2. The summed E-state index contributed by atoms with van der Waals surface area (Å²) in [7, 11) is -3.32. The lowest BCUT2D eigenvalue weighted by atomic mass is 10.1. The van der Waals surface area contributed by atoms with Gasteiger partial charge >= 0.3 is 0 Å². The number of hydrogen-bond donors (Lipinski definition) is 0. The fraction of sp³-hybridized carbons (Fsp3) is 0.600. The maximum Gasteiger partial charge on any atom is 0.218 e. The molecule has 0 spiro atoms. The predicted octanol–water partition coefficient (Wildman–Crippen LogP) is 0.584. The van der Waals surface area contributed by atoms with Crippen molar-refractivity contribution >= 4 is 15.8 Å². The van der Waals surface area contributed by atoms with Crippen molar-refractivity contribution < 1.29 is 13.2 Å². The van der Waals surface area contributed by atoms with Crippen LogP contribution in [0.4, 0.5) is 5.82 Å². The van der Waals surface area contributed by atoms with E-state index in [1.807, 2.05) is 17.0 Å². The van der Waals surface area contributed by atoms with Crippen molar-refractivity contribution in [1.82, 2.24) is 9.29 Å². The fourth-order valence-electron chi connectivity index (χ4n) is 3.06. The van der Waals surface area contributed by atoms with Crippen molar-refractivity contribution in [2.75, 3.05) is 44.3 Å². The lowest BCUT2D eigenvalue weighted by Gasteiger charge is -2.36. The minimum Gasteiger partial charge on any atom is -0.379 e. The Morgan fingerprint density at radius 3 is 2.78 bits per heavy atom. The third-order valence-corrected chi connectivity index (χ3v) is 6.61. The van der Waals surface area contributed by atoms with Crippen molar-refractivity contribution in [2.45, 2.75) is 18.1 Å². The van der Waals surface area contributed by atoms with Crippen LogP contribution in [0, 0.1) is 11.3 Å². The van der Waals surface area contributed by atoms with Crippen LogP contribution in [0.25, 0.3) is 0 Å². The molecule has 2 saturated heterocycles. The van der Waals surface area contributed by atoms with Crippen LogP contribution in [0.5, 0.6) is 0 Å². The van der Waals surface area contributed by atoms with Gasteiger partial charge in [0, 0.05) is 26.2 Å². The lowest BCUT2D eigenvalue weighted by Crippen LogP contribution is -2.51. The van der Waals surface area contributed by atoms with Gasteiger partial charge in [0.15, 0.2) is 0 Å². The summed E-state index contributed by atoms with van der Waals surface area (Å²) in [6, 6.07) is 7.27. The molecule has 1 aromatic heterocycles. The van der Waals surface area contributed by atoms with E-state index in [1.165, 1.54) is 0 Å². The van der Waals surface area contributed by atoms with E-state index < -0.39 is 15.3 Å². The maximum absolute atomic E-state index is 12.8. The highest BCUT2D eigenvalue weighted by molar-refractivity contribution is 7.89. The molecular weight excluding hydrogens is 316 g/mol. The van der Waals surface area contributed by atoms with Gasteiger partial charge in [0.2, 0.25) is 10.0 Å². The monoisotopic (exact) mass is 336 g/mol. The Bertz CT molecular complexity index is 695. The van der Waals surface area contributed by atoms with E-state index in [0.717, 1.165) is 13.0 Å². The van der Waals surface area contributed by atoms with Gasteiger partial charge in [0.25, 0.3) is 0 Å². The van der Waals surface area contributed by atoms with Crippen LogP contribution in [0.2, 0.25) is 0 Å². The molecule has 0 radical (unpaired) electrons. The second-order valence-corrected chi connectivity index (χ2v) is 7.97. The van der Waals surface area contributed by atoms with Crippen LogP contribution in [-0.2, 0) is 14.8 Å². The number of pyridine rings is 1. The van der Waals surface area contributed by atoms with Gasteiger partial charge < -0.3 is 9.64 Å². The van der Waals surface area contributed by atoms with Crippen LogP contribution in [0.1, 0.15) is 18.5 Å². The number of ether oxygens (including phenoxy) is 1. The predicted molar refractivity (Wildman–Crippen MR) is 85.5 cm³/mol. The fourth-order valence-corrected chi connectivity index (χ4v) is 4.98. The molecule has 8 heteroatoms. The summed E-state index contributed by atoms with van der Waals surface area (Å²) in [6.45, 7) is 2.96. The molecule has 124 valence electrons. The number of hydrogen-bond acceptors (Lipinski definition) is 6. The SMILES string of the molecule is N#Cc1cccc(N2CCC[C@@H](S(=O)(=O)N3CCOCC3)C2)n1. The molecule has 1 atom stereocenters. The summed E-state index contributed by atoms with van der Waals surface area (Å²) in [6.07, 6.45) is 1.46. The van der Waals surface area contributed by atoms with Crippen LogP contribution in [-0.4, -0.2) is 62.3 Å². The molecule has 3 rings (SSSR count). The van der Waals surface area contributed by atoms with Crippen LogP contribution >= 0.6 is 0 Å².